The van der Waals surface area contributed by atoms with Gasteiger partial charge < -0.3 is 9.47 Å². The zero-order valence-electron chi connectivity index (χ0n) is 15.6. The van der Waals surface area contributed by atoms with E-state index in [1.54, 1.807) is 5.57 Å². The zero-order chi connectivity index (χ0) is 16.4. The summed E-state index contributed by atoms with van der Waals surface area (Å²) in [5.41, 5.74) is 1.60. The molecule has 2 bridgehead atoms. The maximum absolute atomic E-state index is 6.23. The lowest BCUT2D eigenvalue weighted by Crippen LogP contribution is -2.30. The topological polar surface area (TPSA) is 18.5 Å². The third kappa shape index (κ3) is 3.75. The molecule has 0 heterocycles. The first-order valence-electron chi connectivity index (χ1n) is 10.7. The van der Waals surface area contributed by atoms with Crippen molar-refractivity contribution < 1.29 is 9.47 Å². The molecule has 2 heteroatoms. The maximum Gasteiger partial charge on any atom is 0.0679 e. The highest BCUT2D eigenvalue weighted by atomic mass is 16.5. The van der Waals surface area contributed by atoms with Crippen molar-refractivity contribution in [1.82, 2.24) is 0 Å². The average Bonchev–Trinajstić information content (AvgIpc) is 3.20. The Kier molecular flexibility index (Phi) is 5.63. The van der Waals surface area contributed by atoms with Crippen LogP contribution in [0.15, 0.2) is 11.6 Å². The highest BCUT2D eigenvalue weighted by Crippen LogP contribution is 2.48. The molecule has 0 aliphatic heterocycles. The molecule has 4 aliphatic rings. The van der Waals surface area contributed by atoms with Crippen molar-refractivity contribution in [2.24, 2.45) is 35.5 Å². The van der Waals surface area contributed by atoms with Crippen LogP contribution in [0.1, 0.15) is 64.7 Å². The van der Waals surface area contributed by atoms with Gasteiger partial charge in [-0.25, -0.2) is 0 Å². The second-order valence-electron chi connectivity index (χ2n) is 9.00. The summed E-state index contributed by atoms with van der Waals surface area (Å²) < 4.78 is 11.9. The molecule has 3 saturated carbocycles. The number of allylic oxidation sites excluding steroid dienone is 1. The number of ether oxygens (including phenoxy) is 2. The van der Waals surface area contributed by atoms with Gasteiger partial charge >= 0.3 is 0 Å². The Morgan fingerprint density at radius 1 is 0.917 bits per heavy atom. The van der Waals surface area contributed by atoms with Crippen molar-refractivity contribution in [1.29, 1.82) is 0 Å². The van der Waals surface area contributed by atoms with Gasteiger partial charge in [0.05, 0.1) is 6.61 Å². The Balaban J connectivity index is 1.20. The molecule has 0 spiro atoms. The molecule has 4 aliphatic carbocycles. The molecule has 136 valence electrons. The van der Waals surface area contributed by atoms with Crippen molar-refractivity contribution >= 4 is 0 Å². The summed E-state index contributed by atoms with van der Waals surface area (Å²) in [6, 6.07) is 0. The zero-order valence-corrected chi connectivity index (χ0v) is 15.6. The summed E-state index contributed by atoms with van der Waals surface area (Å²) in [6.45, 7) is 5.82. The fourth-order valence-corrected chi connectivity index (χ4v) is 6.26. The Bertz CT molecular complexity index is 443. The molecule has 3 fully saturated rings. The summed E-state index contributed by atoms with van der Waals surface area (Å²) in [4.78, 5) is 0. The van der Waals surface area contributed by atoms with Gasteiger partial charge in [0.25, 0.3) is 0 Å². The Labute approximate surface area is 148 Å². The standard InChI is InChI=1S/C22H36O2/c1-2-23-14-20-10-17-11-21(22(20)12-17)15-24-13-16-7-8-18-5-3-4-6-19(18)9-16/h11,16-20,22H,2-10,12-15H2,1H3. The second kappa shape index (κ2) is 7.91. The van der Waals surface area contributed by atoms with Crippen LogP contribution in [0.3, 0.4) is 0 Å². The van der Waals surface area contributed by atoms with E-state index in [0.29, 0.717) is 0 Å². The lowest BCUT2D eigenvalue weighted by atomic mass is 9.68. The SMILES string of the molecule is CCOCC1CC2C=C(COCC3CCC4CCCCC4C3)C1C2. The van der Waals surface area contributed by atoms with Crippen LogP contribution in [0.2, 0.25) is 0 Å². The van der Waals surface area contributed by atoms with Gasteiger partial charge in [-0.2, -0.15) is 0 Å². The van der Waals surface area contributed by atoms with E-state index in [0.717, 1.165) is 61.9 Å². The van der Waals surface area contributed by atoms with E-state index in [4.69, 9.17) is 9.47 Å². The van der Waals surface area contributed by atoms with Crippen molar-refractivity contribution in [3.63, 3.8) is 0 Å². The molecular weight excluding hydrogens is 296 g/mol. The van der Waals surface area contributed by atoms with Crippen LogP contribution >= 0.6 is 0 Å². The average molecular weight is 333 g/mol. The van der Waals surface area contributed by atoms with Crippen LogP contribution in [0.4, 0.5) is 0 Å². The predicted molar refractivity (Wildman–Crippen MR) is 97.9 cm³/mol. The largest absolute Gasteiger partial charge is 0.381 e. The number of fused-ring (bicyclic) bond motifs is 3. The minimum Gasteiger partial charge on any atom is -0.381 e. The quantitative estimate of drug-likeness (QED) is 0.594. The van der Waals surface area contributed by atoms with Gasteiger partial charge in [0.15, 0.2) is 0 Å². The van der Waals surface area contributed by atoms with Gasteiger partial charge in [0.2, 0.25) is 0 Å². The molecule has 2 nitrogen and oxygen atoms in total. The number of hydrogen-bond donors (Lipinski definition) is 0. The van der Waals surface area contributed by atoms with Crippen molar-refractivity contribution in [2.75, 3.05) is 26.4 Å². The Morgan fingerprint density at radius 2 is 1.79 bits per heavy atom. The van der Waals surface area contributed by atoms with Gasteiger partial charge in [-0.05, 0) is 80.1 Å². The minimum absolute atomic E-state index is 0.760. The predicted octanol–water partition coefficient (Wildman–Crippen LogP) is 5.23. The van der Waals surface area contributed by atoms with Gasteiger partial charge in [-0.3, -0.25) is 0 Å². The summed E-state index contributed by atoms with van der Waals surface area (Å²) in [6.07, 6.45) is 15.6. The van der Waals surface area contributed by atoms with Crippen LogP contribution in [-0.2, 0) is 9.47 Å². The summed E-state index contributed by atoms with van der Waals surface area (Å²) >= 11 is 0. The first-order valence-corrected chi connectivity index (χ1v) is 10.7. The Hall–Kier alpha value is -0.340. The molecule has 0 N–H and O–H groups in total. The fraction of sp³-hybridized carbons (Fsp3) is 0.909. The van der Waals surface area contributed by atoms with E-state index in [9.17, 15) is 0 Å². The van der Waals surface area contributed by atoms with E-state index < -0.39 is 0 Å². The lowest BCUT2D eigenvalue weighted by Gasteiger charge is -2.39. The van der Waals surface area contributed by atoms with Crippen molar-refractivity contribution in [3.05, 3.63) is 11.6 Å². The van der Waals surface area contributed by atoms with Crippen LogP contribution in [0, 0.1) is 35.5 Å². The summed E-state index contributed by atoms with van der Waals surface area (Å²) in [7, 11) is 0. The number of hydrogen-bond acceptors (Lipinski definition) is 2. The minimum atomic E-state index is 0.760. The Morgan fingerprint density at radius 3 is 2.62 bits per heavy atom. The van der Waals surface area contributed by atoms with Crippen LogP contribution in [-0.4, -0.2) is 26.4 Å². The van der Waals surface area contributed by atoms with E-state index in [1.807, 2.05) is 0 Å². The normalized spacial score (nSPS) is 41.3. The van der Waals surface area contributed by atoms with Crippen molar-refractivity contribution in [2.45, 2.75) is 64.7 Å². The van der Waals surface area contributed by atoms with Gasteiger partial charge in [0, 0.05) is 19.8 Å². The summed E-state index contributed by atoms with van der Waals surface area (Å²) in [5, 5.41) is 0. The van der Waals surface area contributed by atoms with E-state index in [2.05, 4.69) is 13.0 Å². The summed E-state index contributed by atoms with van der Waals surface area (Å²) in [5.74, 6) is 5.26. The molecule has 4 rings (SSSR count). The van der Waals surface area contributed by atoms with Gasteiger partial charge in [-0.1, -0.05) is 31.8 Å². The molecule has 0 saturated heterocycles. The third-order valence-electron chi connectivity index (χ3n) is 7.46. The van der Waals surface area contributed by atoms with Crippen LogP contribution in [0.25, 0.3) is 0 Å². The van der Waals surface area contributed by atoms with Crippen molar-refractivity contribution in [3.8, 4) is 0 Å². The lowest BCUT2D eigenvalue weighted by molar-refractivity contribution is 0.0508. The van der Waals surface area contributed by atoms with Crippen LogP contribution in [0.5, 0.6) is 0 Å². The molecular formula is C22H36O2. The molecule has 0 amide bonds. The molecule has 0 aromatic carbocycles. The first kappa shape index (κ1) is 17.1. The second-order valence-corrected chi connectivity index (χ2v) is 9.00. The highest BCUT2D eigenvalue weighted by molar-refractivity contribution is 5.22. The van der Waals surface area contributed by atoms with E-state index >= 15 is 0 Å². The van der Waals surface area contributed by atoms with Crippen LogP contribution < -0.4 is 0 Å². The maximum atomic E-state index is 6.23. The smallest absolute Gasteiger partial charge is 0.0679 e. The van der Waals surface area contributed by atoms with E-state index in [1.165, 1.54) is 57.8 Å². The van der Waals surface area contributed by atoms with E-state index in [-0.39, 0.29) is 0 Å². The molecule has 0 aromatic heterocycles. The molecule has 0 aromatic rings. The first-order chi connectivity index (χ1) is 11.8. The highest BCUT2D eigenvalue weighted by Gasteiger charge is 2.40. The molecule has 0 radical (unpaired) electrons. The monoisotopic (exact) mass is 332 g/mol. The molecule has 24 heavy (non-hydrogen) atoms. The fourth-order valence-electron chi connectivity index (χ4n) is 6.26. The molecule has 6 atom stereocenters. The van der Waals surface area contributed by atoms with Gasteiger partial charge in [-0.15, -0.1) is 0 Å². The molecule has 6 unspecified atom stereocenters. The third-order valence-corrected chi connectivity index (χ3v) is 7.46. The number of rotatable bonds is 7. The van der Waals surface area contributed by atoms with Gasteiger partial charge in [0.1, 0.15) is 0 Å².